The van der Waals surface area contributed by atoms with Crippen LogP contribution in [0.4, 0.5) is 0 Å². The van der Waals surface area contributed by atoms with Crippen LogP contribution in [0.1, 0.15) is 27.7 Å². The van der Waals surface area contributed by atoms with Crippen molar-refractivity contribution >= 4 is 0 Å². The van der Waals surface area contributed by atoms with Gasteiger partial charge in [-0.05, 0) is 0 Å². The fraction of sp³-hybridized carbons (Fsp3) is 0.750. The van der Waals surface area contributed by atoms with Gasteiger partial charge in [-0.1, -0.05) is 27.7 Å². The largest absolute Gasteiger partial charge is 2.00 e. The topological polar surface area (TPSA) is 0 Å². The molecule has 0 aliphatic heterocycles. The zero-order valence-electron chi connectivity index (χ0n) is 7.28. The van der Waals surface area contributed by atoms with Crippen molar-refractivity contribution in [2.24, 2.45) is 11.8 Å². The SMILES string of the molecule is [CH2-]C(C)C.[CH2-]C(C)C.[Cd+2]. The second-order valence-electron chi connectivity index (χ2n) is 2.79. The van der Waals surface area contributed by atoms with E-state index in [-0.39, 0.29) is 27.3 Å². The number of hydrogen-bond acceptors (Lipinski definition) is 0. The summed E-state index contributed by atoms with van der Waals surface area (Å²) < 4.78 is 0. The molecule has 0 atom stereocenters. The van der Waals surface area contributed by atoms with Gasteiger partial charge < -0.3 is 13.8 Å². The zero-order chi connectivity index (χ0) is 7.15. The van der Waals surface area contributed by atoms with Crippen molar-refractivity contribution in [3.8, 4) is 0 Å². The van der Waals surface area contributed by atoms with Crippen LogP contribution in [-0.4, -0.2) is 0 Å². The summed E-state index contributed by atoms with van der Waals surface area (Å²) in [7, 11) is 0. The molecule has 0 aromatic heterocycles. The van der Waals surface area contributed by atoms with Crippen LogP contribution in [0.15, 0.2) is 0 Å². The Kier molecular flexibility index (Phi) is 21.4. The molecule has 0 aromatic carbocycles. The van der Waals surface area contributed by atoms with Gasteiger partial charge in [-0.15, -0.1) is 0 Å². The smallest absolute Gasteiger partial charge is 0.341 e. The van der Waals surface area contributed by atoms with Crippen molar-refractivity contribution in [3.63, 3.8) is 0 Å². The molecule has 9 heavy (non-hydrogen) atoms. The van der Waals surface area contributed by atoms with Gasteiger partial charge in [0, 0.05) is 0 Å². The van der Waals surface area contributed by atoms with Crippen molar-refractivity contribution in [1.29, 1.82) is 0 Å². The molecule has 0 N–H and O–H groups in total. The van der Waals surface area contributed by atoms with Crippen LogP contribution in [0.2, 0.25) is 0 Å². The second kappa shape index (κ2) is 11.7. The van der Waals surface area contributed by atoms with E-state index in [1.165, 1.54) is 0 Å². The molecule has 52 valence electrons. The number of hydrogen-bond donors (Lipinski definition) is 0. The van der Waals surface area contributed by atoms with Gasteiger partial charge in [-0.3, -0.25) is 0 Å². The van der Waals surface area contributed by atoms with E-state index in [0.717, 1.165) is 0 Å². The van der Waals surface area contributed by atoms with Gasteiger partial charge in [0.2, 0.25) is 0 Å². The van der Waals surface area contributed by atoms with E-state index in [1.807, 2.05) is 0 Å². The van der Waals surface area contributed by atoms with E-state index in [2.05, 4.69) is 41.5 Å². The molecule has 0 aliphatic carbocycles. The van der Waals surface area contributed by atoms with Crippen molar-refractivity contribution in [2.45, 2.75) is 27.7 Å². The summed E-state index contributed by atoms with van der Waals surface area (Å²) in [4.78, 5) is 0. The van der Waals surface area contributed by atoms with E-state index < -0.39 is 0 Å². The molecule has 0 unspecified atom stereocenters. The van der Waals surface area contributed by atoms with Crippen molar-refractivity contribution in [3.05, 3.63) is 13.8 Å². The van der Waals surface area contributed by atoms with Gasteiger partial charge in [0.1, 0.15) is 0 Å². The van der Waals surface area contributed by atoms with Crippen LogP contribution in [0, 0.1) is 25.7 Å². The third-order valence-electron chi connectivity index (χ3n) is 0. The van der Waals surface area contributed by atoms with E-state index in [9.17, 15) is 0 Å². The summed E-state index contributed by atoms with van der Waals surface area (Å²) in [6.45, 7) is 15.5. The molecule has 0 bridgehead atoms. The van der Waals surface area contributed by atoms with E-state index in [0.29, 0.717) is 11.8 Å². The predicted octanol–water partition coefficient (Wildman–Crippen LogP) is 2.95. The van der Waals surface area contributed by atoms with Gasteiger partial charge in [0.15, 0.2) is 0 Å². The van der Waals surface area contributed by atoms with Crippen LogP contribution < -0.4 is 0 Å². The monoisotopic (exact) mass is 228 g/mol. The molecule has 1 heteroatoms. The normalized spacial score (nSPS) is 8.00. The number of rotatable bonds is 0. The molecule has 0 heterocycles. The Balaban J connectivity index is -0.0000000720. The molecule has 0 saturated carbocycles. The third kappa shape index (κ3) is 503. The van der Waals surface area contributed by atoms with Gasteiger partial charge in [-0.25, -0.2) is 0 Å². The van der Waals surface area contributed by atoms with Crippen molar-refractivity contribution in [2.75, 3.05) is 0 Å². The van der Waals surface area contributed by atoms with E-state index in [1.54, 1.807) is 0 Å². The molecule has 0 amide bonds. The van der Waals surface area contributed by atoms with Crippen LogP contribution >= 0.6 is 0 Å². The molecule has 0 saturated heterocycles. The average Bonchev–Trinajstić information content (AvgIpc) is 1.25. The Morgan fingerprint density at radius 3 is 0.778 bits per heavy atom. The standard InChI is InChI=1S/2C4H9.Cd/c2*1-4(2)3;/h2*4H,1H2,2-3H3;/q2*-1;+2. The maximum atomic E-state index is 3.64. The molecule has 0 nitrogen and oxygen atoms in total. The van der Waals surface area contributed by atoms with Gasteiger partial charge >= 0.3 is 27.3 Å². The summed E-state index contributed by atoms with van der Waals surface area (Å²) in [6, 6.07) is 0. The fourth-order valence-electron chi connectivity index (χ4n) is 0. The Morgan fingerprint density at radius 1 is 0.778 bits per heavy atom. The first-order valence-corrected chi connectivity index (χ1v) is 3.13. The Morgan fingerprint density at radius 2 is 0.778 bits per heavy atom. The summed E-state index contributed by atoms with van der Waals surface area (Å²) in [5, 5.41) is 0. The molecule has 0 fully saturated rings. The molecule has 0 aliphatic rings. The zero-order valence-corrected chi connectivity index (χ0v) is 11.3. The van der Waals surface area contributed by atoms with Gasteiger partial charge in [0.25, 0.3) is 0 Å². The van der Waals surface area contributed by atoms with E-state index in [4.69, 9.17) is 0 Å². The summed E-state index contributed by atoms with van der Waals surface area (Å²) >= 11 is 0. The molecule has 0 aromatic rings. The van der Waals surface area contributed by atoms with Gasteiger partial charge in [-0.2, -0.15) is 11.8 Å². The van der Waals surface area contributed by atoms with Crippen LogP contribution in [-0.2, 0) is 27.3 Å². The fourth-order valence-corrected chi connectivity index (χ4v) is 0. The summed E-state index contributed by atoms with van der Waals surface area (Å²) in [5.41, 5.74) is 0. The first-order valence-electron chi connectivity index (χ1n) is 3.13. The molecule has 0 rings (SSSR count). The first-order chi connectivity index (χ1) is 3.46. The molecule has 0 spiro atoms. The van der Waals surface area contributed by atoms with Gasteiger partial charge in [0.05, 0.1) is 0 Å². The Labute approximate surface area is 80.6 Å². The third-order valence-corrected chi connectivity index (χ3v) is 0. The Hall–Kier alpha value is 0.922. The summed E-state index contributed by atoms with van der Waals surface area (Å²) in [5.74, 6) is 1.17. The minimum Gasteiger partial charge on any atom is -0.341 e. The predicted molar refractivity (Wildman–Crippen MR) is 40.4 cm³/mol. The molecule has 0 radical (unpaired) electrons. The van der Waals surface area contributed by atoms with Crippen LogP contribution in [0.25, 0.3) is 0 Å². The van der Waals surface area contributed by atoms with Crippen LogP contribution in [0.5, 0.6) is 0 Å². The summed E-state index contributed by atoms with van der Waals surface area (Å²) in [6.07, 6.45) is 0. The van der Waals surface area contributed by atoms with Crippen molar-refractivity contribution < 1.29 is 27.3 Å². The van der Waals surface area contributed by atoms with E-state index >= 15 is 0 Å². The minimum atomic E-state index is 0. The van der Waals surface area contributed by atoms with Crippen LogP contribution in [0.3, 0.4) is 0 Å². The maximum Gasteiger partial charge on any atom is 2.00 e. The second-order valence-corrected chi connectivity index (χ2v) is 2.79. The minimum absolute atomic E-state index is 0. The quantitative estimate of drug-likeness (QED) is 0.440. The Bertz CT molecular complexity index is 20.0. The maximum absolute atomic E-state index is 3.64. The molecular weight excluding hydrogens is 208 g/mol. The average molecular weight is 227 g/mol. The van der Waals surface area contributed by atoms with Crippen molar-refractivity contribution in [1.82, 2.24) is 0 Å². The first kappa shape index (κ1) is 16.5. The molecular formula is C8H18Cd.